The number of aliphatic hydroxyl groups excluding tert-OH is 1. The molecular formula is C38H47NO11. The van der Waals surface area contributed by atoms with E-state index in [9.17, 15) is 29.7 Å². The van der Waals surface area contributed by atoms with Gasteiger partial charge in [0.05, 0.1) is 59.5 Å². The van der Waals surface area contributed by atoms with Gasteiger partial charge in [-0.25, -0.2) is 0 Å². The van der Waals surface area contributed by atoms with E-state index in [0.717, 1.165) is 0 Å². The Morgan fingerprint density at radius 3 is 2.00 bits per heavy atom. The number of aromatic hydroxyl groups is 1. The number of amides is 1. The van der Waals surface area contributed by atoms with E-state index in [4.69, 9.17) is 23.7 Å². The SMILES string of the molecule is CC[C@H](C(=O)N1CCCCC1C(=O)C(C[C@@H](O)c1ccc(OC)c(OC)c1)C(C(=O)O)c1ccccc1O)c1cc(OC)c(OC)c(OC)c1. The molecule has 0 aromatic heterocycles. The highest BCUT2D eigenvalue weighted by Crippen LogP contribution is 2.43. The largest absolute Gasteiger partial charge is 0.508 e. The number of hydrogen-bond acceptors (Lipinski definition) is 10. The van der Waals surface area contributed by atoms with Crippen molar-refractivity contribution >= 4 is 17.7 Å². The Bertz CT molecular complexity index is 1630. The highest BCUT2D eigenvalue weighted by Gasteiger charge is 2.44. The number of piperidine rings is 1. The van der Waals surface area contributed by atoms with Gasteiger partial charge in [0.2, 0.25) is 11.7 Å². The first-order valence-electron chi connectivity index (χ1n) is 16.6. The molecule has 12 heteroatoms. The Labute approximate surface area is 292 Å². The van der Waals surface area contributed by atoms with Gasteiger partial charge in [0.15, 0.2) is 28.8 Å². The minimum Gasteiger partial charge on any atom is -0.508 e. The number of phenols is 1. The van der Waals surface area contributed by atoms with Crippen molar-refractivity contribution in [2.24, 2.45) is 5.92 Å². The second-order valence-electron chi connectivity index (χ2n) is 12.2. The number of carboxylic acids is 1. The zero-order valence-electron chi connectivity index (χ0n) is 29.4. The molecular weight excluding hydrogens is 646 g/mol. The number of methoxy groups -OCH3 is 5. The number of phenolic OH excluding ortho intramolecular Hbond substituents is 1. The zero-order valence-corrected chi connectivity index (χ0v) is 29.4. The monoisotopic (exact) mass is 693 g/mol. The molecule has 4 rings (SSSR count). The molecule has 3 N–H and O–H groups in total. The average molecular weight is 694 g/mol. The van der Waals surface area contributed by atoms with Crippen LogP contribution < -0.4 is 23.7 Å². The summed E-state index contributed by atoms with van der Waals surface area (Å²) in [6.07, 6.45) is 0.398. The molecule has 0 bridgehead atoms. The number of benzene rings is 3. The third-order valence-corrected chi connectivity index (χ3v) is 9.49. The smallest absolute Gasteiger partial charge is 0.311 e. The van der Waals surface area contributed by atoms with Crippen LogP contribution in [0.5, 0.6) is 34.5 Å². The third kappa shape index (κ3) is 7.91. The van der Waals surface area contributed by atoms with Gasteiger partial charge in [0, 0.05) is 18.0 Å². The van der Waals surface area contributed by atoms with E-state index < -0.39 is 41.7 Å². The fourth-order valence-corrected chi connectivity index (χ4v) is 6.92. The van der Waals surface area contributed by atoms with E-state index in [1.165, 1.54) is 47.7 Å². The number of aliphatic carboxylic acids is 1. The Hall–Kier alpha value is -4.97. The predicted octanol–water partition coefficient (Wildman–Crippen LogP) is 5.49. The summed E-state index contributed by atoms with van der Waals surface area (Å²) in [6, 6.07) is 13.2. The number of ether oxygens (including phenoxy) is 5. The summed E-state index contributed by atoms with van der Waals surface area (Å²) >= 11 is 0. The van der Waals surface area contributed by atoms with E-state index in [-0.39, 0.29) is 30.2 Å². The topological polar surface area (TPSA) is 161 Å². The summed E-state index contributed by atoms with van der Waals surface area (Å²) in [4.78, 5) is 43.8. The van der Waals surface area contributed by atoms with Crippen molar-refractivity contribution in [3.05, 3.63) is 71.3 Å². The van der Waals surface area contributed by atoms with Crippen molar-refractivity contribution in [2.45, 2.75) is 63.0 Å². The lowest BCUT2D eigenvalue weighted by Gasteiger charge is -2.39. The van der Waals surface area contributed by atoms with Crippen molar-refractivity contribution in [3.63, 3.8) is 0 Å². The van der Waals surface area contributed by atoms with Crippen LogP contribution in [0.3, 0.4) is 0 Å². The van der Waals surface area contributed by atoms with Crippen LogP contribution in [0.15, 0.2) is 54.6 Å². The van der Waals surface area contributed by atoms with Gasteiger partial charge in [0.25, 0.3) is 0 Å². The van der Waals surface area contributed by atoms with Crippen LogP contribution in [0.4, 0.5) is 0 Å². The van der Waals surface area contributed by atoms with Crippen LogP contribution in [0, 0.1) is 5.92 Å². The molecule has 3 unspecified atom stereocenters. The highest BCUT2D eigenvalue weighted by molar-refractivity contribution is 5.96. The predicted molar refractivity (Wildman–Crippen MR) is 185 cm³/mol. The molecule has 5 atom stereocenters. The number of hydrogen-bond donors (Lipinski definition) is 3. The molecule has 270 valence electrons. The van der Waals surface area contributed by atoms with Crippen LogP contribution in [-0.2, 0) is 14.4 Å². The highest BCUT2D eigenvalue weighted by atomic mass is 16.5. The van der Waals surface area contributed by atoms with E-state index in [1.807, 2.05) is 6.92 Å². The molecule has 1 aliphatic heterocycles. The maximum atomic E-state index is 14.8. The van der Waals surface area contributed by atoms with Gasteiger partial charge < -0.3 is 43.9 Å². The van der Waals surface area contributed by atoms with Crippen molar-refractivity contribution in [2.75, 3.05) is 42.1 Å². The number of ketones is 1. The third-order valence-electron chi connectivity index (χ3n) is 9.49. The molecule has 50 heavy (non-hydrogen) atoms. The van der Waals surface area contributed by atoms with Crippen LogP contribution in [0.25, 0.3) is 0 Å². The first-order chi connectivity index (χ1) is 24.0. The first kappa shape index (κ1) is 37.8. The molecule has 0 aliphatic carbocycles. The zero-order chi connectivity index (χ0) is 36.5. The number of Topliss-reactive ketones (excluding diaryl/α,β-unsaturated/α-hetero) is 1. The summed E-state index contributed by atoms with van der Waals surface area (Å²) in [6.45, 7) is 2.16. The molecule has 3 aromatic rings. The van der Waals surface area contributed by atoms with Gasteiger partial charge >= 0.3 is 5.97 Å². The summed E-state index contributed by atoms with van der Waals surface area (Å²) in [5.74, 6) is -4.03. The van der Waals surface area contributed by atoms with E-state index in [1.54, 1.807) is 47.4 Å². The molecule has 1 amide bonds. The number of carbonyl (C=O) groups excluding carboxylic acids is 2. The van der Waals surface area contributed by atoms with E-state index in [2.05, 4.69) is 0 Å². The van der Waals surface area contributed by atoms with Crippen molar-refractivity contribution in [3.8, 4) is 34.5 Å². The maximum absolute atomic E-state index is 14.8. The maximum Gasteiger partial charge on any atom is 0.311 e. The van der Waals surface area contributed by atoms with Crippen LogP contribution in [0.1, 0.15) is 73.7 Å². The number of para-hydroxylation sites is 1. The standard InChI is InChI=1S/C38H47NO11/c1-7-24(23-19-32(48-4)36(50-6)33(20-23)49-5)37(43)39-17-11-10-13-27(39)35(42)26(34(38(44)45)25-12-8-9-14-28(25)40)21-29(41)22-15-16-30(46-2)31(18-22)47-3/h8-9,12,14-16,18-20,24,26-27,29,34,40-41H,7,10-11,13,17,21H2,1-6H3,(H,44,45)/t24-,26?,27?,29+,34?/m0/s1. The lowest BCUT2D eigenvalue weighted by Crippen LogP contribution is -2.52. The summed E-state index contributed by atoms with van der Waals surface area (Å²) in [5, 5.41) is 32.9. The Morgan fingerprint density at radius 1 is 0.820 bits per heavy atom. The number of nitrogens with zero attached hydrogens (tertiary/aromatic N) is 1. The number of carbonyl (C=O) groups is 3. The van der Waals surface area contributed by atoms with Crippen molar-refractivity contribution in [1.82, 2.24) is 4.90 Å². The minimum atomic E-state index is -1.52. The summed E-state index contributed by atoms with van der Waals surface area (Å²) in [7, 11) is 7.40. The molecule has 0 spiro atoms. The van der Waals surface area contributed by atoms with E-state index >= 15 is 0 Å². The molecule has 0 radical (unpaired) electrons. The molecule has 12 nitrogen and oxygen atoms in total. The van der Waals surface area contributed by atoms with Gasteiger partial charge in [0.1, 0.15) is 5.75 Å². The van der Waals surface area contributed by atoms with Crippen LogP contribution in [0.2, 0.25) is 0 Å². The van der Waals surface area contributed by atoms with Crippen molar-refractivity contribution in [1.29, 1.82) is 0 Å². The number of carboxylic acid groups (broad SMARTS) is 1. The van der Waals surface area contributed by atoms with Crippen molar-refractivity contribution < 1.29 is 53.4 Å². The number of rotatable bonds is 16. The fraction of sp³-hybridized carbons (Fsp3) is 0.447. The molecule has 0 saturated carbocycles. The minimum absolute atomic E-state index is 0.0374. The lowest BCUT2D eigenvalue weighted by molar-refractivity contribution is -0.148. The average Bonchev–Trinajstić information content (AvgIpc) is 3.14. The van der Waals surface area contributed by atoms with Crippen LogP contribution in [-0.4, -0.2) is 86.0 Å². The normalized spacial score (nSPS) is 16.8. The molecule has 3 aromatic carbocycles. The van der Waals surface area contributed by atoms with Gasteiger partial charge in [-0.05, 0) is 73.6 Å². The second kappa shape index (κ2) is 17.1. The molecule has 1 heterocycles. The summed E-state index contributed by atoms with van der Waals surface area (Å²) < 4.78 is 27.2. The second-order valence-corrected chi connectivity index (χ2v) is 12.2. The Balaban J connectivity index is 1.77. The summed E-state index contributed by atoms with van der Waals surface area (Å²) in [5.41, 5.74) is 1.03. The van der Waals surface area contributed by atoms with E-state index in [0.29, 0.717) is 65.6 Å². The molecule has 1 saturated heterocycles. The van der Waals surface area contributed by atoms with Gasteiger partial charge in [-0.2, -0.15) is 0 Å². The Morgan fingerprint density at radius 2 is 1.44 bits per heavy atom. The van der Waals surface area contributed by atoms with Gasteiger partial charge in [-0.1, -0.05) is 31.2 Å². The number of likely N-dealkylation sites (tertiary alicyclic amines) is 1. The Kier molecular flexibility index (Phi) is 12.9. The van der Waals surface area contributed by atoms with Gasteiger partial charge in [-0.3, -0.25) is 14.4 Å². The molecule has 1 fully saturated rings. The first-order valence-corrected chi connectivity index (χ1v) is 16.6. The van der Waals surface area contributed by atoms with Gasteiger partial charge in [-0.15, -0.1) is 0 Å². The lowest BCUT2D eigenvalue weighted by atomic mass is 9.75. The quantitative estimate of drug-likeness (QED) is 0.174. The van der Waals surface area contributed by atoms with Crippen LogP contribution >= 0.6 is 0 Å². The number of aliphatic hydroxyl groups is 1. The molecule has 1 aliphatic rings. The fourth-order valence-electron chi connectivity index (χ4n) is 6.92.